The van der Waals surface area contributed by atoms with Crippen molar-refractivity contribution in [1.29, 1.82) is 0 Å². The maximum absolute atomic E-state index is 12.2. The van der Waals surface area contributed by atoms with Crippen molar-refractivity contribution in [2.75, 3.05) is 5.32 Å². The van der Waals surface area contributed by atoms with Gasteiger partial charge in [0, 0.05) is 15.8 Å². The number of amides is 1. The average molecular weight is 301 g/mol. The topological polar surface area (TPSA) is 95.1 Å². The molecule has 0 unspecified atom stereocenters. The monoisotopic (exact) mass is 301 g/mol. The molecule has 1 amide bonds. The lowest BCUT2D eigenvalue weighted by Gasteiger charge is -2.04. The molecule has 7 heteroatoms. The SMILES string of the molecule is Cc1cc(C(=O)O)c(NC(=O)c2ccc3[nH]ncc3c2)s1. The van der Waals surface area contributed by atoms with E-state index in [1.807, 2.05) is 0 Å². The lowest BCUT2D eigenvalue weighted by Crippen LogP contribution is -2.13. The molecule has 1 aromatic carbocycles. The van der Waals surface area contributed by atoms with Gasteiger partial charge in [-0.25, -0.2) is 4.79 Å². The maximum Gasteiger partial charge on any atom is 0.338 e. The fraction of sp³-hybridized carbons (Fsp3) is 0.0714. The van der Waals surface area contributed by atoms with Gasteiger partial charge in [0.25, 0.3) is 5.91 Å². The summed E-state index contributed by atoms with van der Waals surface area (Å²) in [5.74, 6) is -1.40. The van der Waals surface area contributed by atoms with Crippen molar-refractivity contribution in [1.82, 2.24) is 10.2 Å². The van der Waals surface area contributed by atoms with Crippen molar-refractivity contribution in [3.8, 4) is 0 Å². The van der Waals surface area contributed by atoms with Gasteiger partial charge in [-0.2, -0.15) is 5.10 Å². The van der Waals surface area contributed by atoms with Gasteiger partial charge >= 0.3 is 5.97 Å². The summed E-state index contributed by atoms with van der Waals surface area (Å²) in [5.41, 5.74) is 1.39. The van der Waals surface area contributed by atoms with Crippen LogP contribution in [0, 0.1) is 6.92 Å². The van der Waals surface area contributed by atoms with Crippen LogP contribution >= 0.6 is 11.3 Å². The summed E-state index contributed by atoms with van der Waals surface area (Å²) in [5, 5.41) is 19.6. The second kappa shape index (κ2) is 5.02. The number of aromatic amines is 1. The molecule has 0 spiro atoms. The summed E-state index contributed by atoms with van der Waals surface area (Å²) in [6.07, 6.45) is 1.63. The number of aryl methyl sites for hydroxylation is 1. The number of thiophene rings is 1. The van der Waals surface area contributed by atoms with E-state index in [9.17, 15) is 9.59 Å². The summed E-state index contributed by atoms with van der Waals surface area (Å²) in [6.45, 7) is 1.80. The van der Waals surface area contributed by atoms with E-state index < -0.39 is 5.97 Å². The van der Waals surface area contributed by atoms with E-state index in [0.29, 0.717) is 10.6 Å². The molecule has 0 saturated heterocycles. The number of aromatic nitrogens is 2. The Labute approximate surface area is 123 Å². The van der Waals surface area contributed by atoms with Crippen molar-refractivity contribution in [2.45, 2.75) is 6.92 Å². The minimum Gasteiger partial charge on any atom is -0.478 e. The fourth-order valence-corrected chi connectivity index (χ4v) is 2.92. The number of fused-ring (bicyclic) bond motifs is 1. The zero-order chi connectivity index (χ0) is 15.0. The van der Waals surface area contributed by atoms with Gasteiger partial charge in [0.1, 0.15) is 5.00 Å². The third kappa shape index (κ3) is 2.50. The summed E-state index contributed by atoms with van der Waals surface area (Å²) >= 11 is 1.24. The Hall–Kier alpha value is -2.67. The standard InChI is InChI=1S/C14H11N3O3S/c1-7-4-10(14(19)20)13(21-7)16-12(18)8-2-3-11-9(5-8)6-15-17-11/h2-6H,1H3,(H,15,17)(H,16,18)(H,19,20). The number of carboxylic acid groups (broad SMARTS) is 1. The smallest absolute Gasteiger partial charge is 0.338 e. The van der Waals surface area contributed by atoms with Crippen LogP contribution < -0.4 is 5.32 Å². The minimum absolute atomic E-state index is 0.107. The largest absolute Gasteiger partial charge is 0.478 e. The Kier molecular flexibility index (Phi) is 3.19. The van der Waals surface area contributed by atoms with Crippen molar-refractivity contribution < 1.29 is 14.7 Å². The molecular weight excluding hydrogens is 290 g/mol. The fourth-order valence-electron chi connectivity index (χ4n) is 2.03. The van der Waals surface area contributed by atoms with E-state index in [2.05, 4.69) is 15.5 Å². The summed E-state index contributed by atoms with van der Waals surface area (Å²) in [7, 11) is 0. The molecule has 0 aliphatic carbocycles. The van der Waals surface area contributed by atoms with Crippen LogP contribution in [0.3, 0.4) is 0 Å². The van der Waals surface area contributed by atoms with Gasteiger partial charge in [-0.15, -0.1) is 11.3 Å². The molecule has 2 heterocycles. The van der Waals surface area contributed by atoms with Crippen LogP contribution in [0.4, 0.5) is 5.00 Å². The molecule has 0 fully saturated rings. The number of hydrogen-bond donors (Lipinski definition) is 3. The third-order valence-electron chi connectivity index (χ3n) is 3.02. The molecule has 21 heavy (non-hydrogen) atoms. The van der Waals surface area contributed by atoms with Gasteiger partial charge in [0.05, 0.1) is 17.3 Å². The predicted octanol–water partition coefficient (Wildman–Crippen LogP) is 2.88. The Morgan fingerprint density at radius 2 is 2.14 bits per heavy atom. The highest BCUT2D eigenvalue weighted by atomic mass is 32.1. The van der Waals surface area contributed by atoms with E-state index >= 15 is 0 Å². The van der Waals surface area contributed by atoms with Crippen LogP contribution in [0.1, 0.15) is 25.6 Å². The number of aromatic carboxylic acids is 1. The number of nitrogens with zero attached hydrogens (tertiary/aromatic N) is 1. The van der Waals surface area contributed by atoms with Crippen molar-refractivity contribution >= 4 is 39.1 Å². The van der Waals surface area contributed by atoms with E-state index in [4.69, 9.17) is 5.11 Å². The lowest BCUT2D eigenvalue weighted by atomic mass is 10.1. The van der Waals surface area contributed by atoms with Gasteiger partial charge < -0.3 is 10.4 Å². The van der Waals surface area contributed by atoms with E-state index in [1.165, 1.54) is 11.3 Å². The molecule has 6 nitrogen and oxygen atoms in total. The van der Waals surface area contributed by atoms with Crippen LogP contribution in [0.25, 0.3) is 10.9 Å². The summed E-state index contributed by atoms with van der Waals surface area (Å²) < 4.78 is 0. The van der Waals surface area contributed by atoms with Crippen LogP contribution in [-0.2, 0) is 0 Å². The molecule has 0 atom stereocenters. The molecule has 0 saturated carbocycles. The first-order valence-electron chi connectivity index (χ1n) is 6.13. The first-order chi connectivity index (χ1) is 10.0. The van der Waals surface area contributed by atoms with E-state index in [-0.39, 0.29) is 11.5 Å². The molecular formula is C14H11N3O3S. The van der Waals surface area contributed by atoms with Gasteiger partial charge in [-0.05, 0) is 31.2 Å². The number of hydrogen-bond acceptors (Lipinski definition) is 4. The number of benzene rings is 1. The molecule has 3 N–H and O–H groups in total. The van der Waals surface area contributed by atoms with Crippen molar-refractivity contribution in [2.24, 2.45) is 0 Å². The summed E-state index contributed by atoms with van der Waals surface area (Å²) in [4.78, 5) is 24.2. The lowest BCUT2D eigenvalue weighted by molar-refractivity contribution is 0.0698. The number of rotatable bonds is 3. The predicted molar refractivity (Wildman–Crippen MR) is 80.1 cm³/mol. The first kappa shape index (κ1) is 13.3. The number of carboxylic acids is 1. The van der Waals surface area contributed by atoms with Crippen LogP contribution in [0.5, 0.6) is 0 Å². The van der Waals surface area contributed by atoms with Gasteiger partial charge in [0.2, 0.25) is 0 Å². The number of anilines is 1. The van der Waals surface area contributed by atoms with Crippen molar-refractivity contribution in [3.63, 3.8) is 0 Å². The second-order valence-electron chi connectivity index (χ2n) is 4.53. The highest BCUT2D eigenvalue weighted by Gasteiger charge is 2.17. The van der Waals surface area contributed by atoms with Gasteiger partial charge in [-0.1, -0.05) is 0 Å². The number of carbonyl (C=O) groups is 2. The van der Waals surface area contributed by atoms with E-state index in [1.54, 1.807) is 37.4 Å². The molecule has 106 valence electrons. The Morgan fingerprint density at radius 1 is 1.33 bits per heavy atom. The molecule has 0 aliphatic rings. The first-order valence-corrected chi connectivity index (χ1v) is 6.94. The Morgan fingerprint density at radius 3 is 2.90 bits per heavy atom. The van der Waals surface area contributed by atoms with Gasteiger partial charge in [-0.3, -0.25) is 9.89 Å². The average Bonchev–Trinajstić information content (AvgIpc) is 3.04. The minimum atomic E-state index is -1.06. The molecule has 0 bridgehead atoms. The zero-order valence-corrected chi connectivity index (χ0v) is 11.8. The highest BCUT2D eigenvalue weighted by Crippen LogP contribution is 2.28. The normalized spacial score (nSPS) is 10.7. The molecule has 3 rings (SSSR count). The van der Waals surface area contributed by atoms with Gasteiger partial charge in [0.15, 0.2) is 0 Å². The van der Waals surface area contributed by atoms with Crippen LogP contribution in [0.15, 0.2) is 30.5 Å². The number of H-pyrrole nitrogens is 1. The molecule has 0 aliphatic heterocycles. The van der Waals surface area contributed by atoms with Crippen LogP contribution in [0.2, 0.25) is 0 Å². The molecule has 0 radical (unpaired) electrons. The molecule has 2 aromatic heterocycles. The summed E-state index contributed by atoms with van der Waals surface area (Å²) in [6, 6.07) is 6.67. The maximum atomic E-state index is 12.2. The molecule has 3 aromatic rings. The quantitative estimate of drug-likeness (QED) is 0.693. The zero-order valence-electron chi connectivity index (χ0n) is 11.0. The second-order valence-corrected chi connectivity index (χ2v) is 5.79. The third-order valence-corrected chi connectivity index (χ3v) is 3.98. The number of nitrogens with one attached hydrogen (secondary N) is 2. The Balaban J connectivity index is 1.90. The number of carbonyl (C=O) groups excluding carboxylic acids is 1. The Bertz CT molecular complexity index is 850. The van der Waals surface area contributed by atoms with Crippen molar-refractivity contribution in [3.05, 3.63) is 46.5 Å². The van der Waals surface area contributed by atoms with Crippen LogP contribution in [-0.4, -0.2) is 27.2 Å². The van der Waals surface area contributed by atoms with E-state index in [0.717, 1.165) is 15.8 Å². The highest BCUT2D eigenvalue weighted by molar-refractivity contribution is 7.16.